The first-order chi connectivity index (χ1) is 11.1. The number of carbonyl (C=O) groups is 1. The summed E-state index contributed by atoms with van der Waals surface area (Å²) < 4.78 is 25.8. The molecule has 1 aliphatic rings. The Hall–Kier alpha value is -2.28. The van der Waals surface area contributed by atoms with Crippen LogP contribution in [0.15, 0.2) is 36.7 Å². The molecule has 0 radical (unpaired) electrons. The van der Waals surface area contributed by atoms with Crippen LogP contribution in [0, 0.1) is 0 Å². The summed E-state index contributed by atoms with van der Waals surface area (Å²) in [5, 5.41) is 10.0. The van der Waals surface area contributed by atoms with Gasteiger partial charge in [-0.2, -0.15) is 5.10 Å². The molecule has 0 spiro atoms. The second-order valence-electron chi connectivity index (χ2n) is 5.63. The Balaban J connectivity index is 1.56. The number of aromatic nitrogens is 2. The number of nitrogens with zero attached hydrogens (tertiary/aromatic N) is 2. The monoisotopic (exact) mass is 320 g/mol. The molecule has 2 N–H and O–H groups in total. The summed E-state index contributed by atoms with van der Waals surface area (Å²) in [6.07, 6.45) is 1.22. The highest BCUT2D eigenvalue weighted by atomic mass is 19.3. The SMILES string of the molecule is O=C1CC(CNCc2cnn(CC(F)F)c2)c2ccccc2N1. The molecule has 1 atom stereocenters. The maximum Gasteiger partial charge on any atom is 0.257 e. The maximum absolute atomic E-state index is 12.3. The lowest BCUT2D eigenvalue weighted by Gasteiger charge is -2.25. The normalized spacial score (nSPS) is 17.2. The number of para-hydroxylation sites is 1. The largest absolute Gasteiger partial charge is 0.326 e. The molecule has 1 aromatic heterocycles. The van der Waals surface area contributed by atoms with Gasteiger partial charge in [0.1, 0.15) is 6.54 Å². The molecule has 5 nitrogen and oxygen atoms in total. The topological polar surface area (TPSA) is 59.0 Å². The van der Waals surface area contributed by atoms with Gasteiger partial charge < -0.3 is 10.6 Å². The Morgan fingerprint density at radius 3 is 3.04 bits per heavy atom. The van der Waals surface area contributed by atoms with Crippen LogP contribution in [0.1, 0.15) is 23.5 Å². The van der Waals surface area contributed by atoms with Crippen LogP contribution in [0.3, 0.4) is 0 Å². The number of fused-ring (bicyclic) bond motifs is 1. The summed E-state index contributed by atoms with van der Waals surface area (Å²) >= 11 is 0. The van der Waals surface area contributed by atoms with E-state index in [1.807, 2.05) is 24.3 Å². The summed E-state index contributed by atoms with van der Waals surface area (Å²) in [5.74, 6) is 0.122. The lowest BCUT2D eigenvalue weighted by molar-refractivity contribution is -0.116. The zero-order valence-electron chi connectivity index (χ0n) is 12.5. The summed E-state index contributed by atoms with van der Waals surface area (Å²) in [4.78, 5) is 11.8. The number of rotatable bonds is 6. The van der Waals surface area contributed by atoms with Crippen LogP contribution in [0.2, 0.25) is 0 Å². The number of halogens is 2. The number of benzene rings is 1. The van der Waals surface area contributed by atoms with Crippen molar-refractivity contribution in [2.24, 2.45) is 0 Å². The quantitative estimate of drug-likeness (QED) is 0.859. The summed E-state index contributed by atoms with van der Waals surface area (Å²) in [5.41, 5.74) is 2.83. The van der Waals surface area contributed by atoms with Gasteiger partial charge in [-0.3, -0.25) is 9.48 Å². The minimum atomic E-state index is -2.41. The number of nitrogens with one attached hydrogen (secondary N) is 2. The van der Waals surface area contributed by atoms with Crippen molar-refractivity contribution in [1.82, 2.24) is 15.1 Å². The molecule has 0 saturated carbocycles. The number of amides is 1. The van der Waals surface area contributed by atoms with Crippen molar-refractivity contribution >= 4 is 11.6 Å². The first-order valence-corrected chi connectivity index (χ1v) is 7.51. The molecule has 2 heterocycles. The Bertz CT molecular complexity index is 686. The van der Waals surface area contributed by atoms with E-state index in [-0.39, 0.29) is 11.8 Å². The van der Waals surface area contributed by atoms with E-state index >= 15 is 0 Å². The van der Waals surface area contributed by atoms with Gasteiger partial charge in [-0.05, 0) is 11.6 Å². The second kappa shape index (κ2) is 6.87. The lowest BCUT2D eigenvalue weighted by atomic mass is 9.90. The smallest absolute Gasteiger partial charge is 0.257 e. The van der Waals surface area contributed by atoms with Crippen molar-refractivity contribution in [3.05, 3.63) is 47.8 Å². The van der Waals surface area contributed by atoms with Gasteiger partial charge >= 0.3 is 0 Å². The Kier molecular flexibility index (Phi) is 4.66. The molecule has 0 saturated heterocycles. The third-order valence-corrected chi connectivity index (χ3v) is 3.84. The molecule has 1 amide bonds. The van der Waals surface area contributed by atoms with Crippen LogP contribution >= 0.6 is 0 Å². The average Bonchev–Trinajstić information content (AvgIpc) is 2.93. The number of hydrogen-bond donors (Lipinski definition) is 2. The molecule has 7 heteroatoms. The van der Waals surface area contributed by atoms with Crippen molar-refractivity contribution in [3.8, 4) is 0 Å². The second-order valence-corrected chi connectivity index (χ2v) is 5.63. The Morgan fingerprint density at radius 2 is 2.22 bits per heavy atom. The standard InChI is InChI=1S/C16H18F2N4O/c17-15(18)10-22-9-11(7-20-22)6-19-8-12-5-16(23)21-14-4-2-1-3-13(12)14/h1-4,7,9,12,15,19H,5-6,8,10H2,(H,21,23). The van der Waals surface area contributed by atoms with Gasteiger partial charge in [0.15, 0.2) is 0 Å². The first kappa shape index (κ1) is 15.6. The van der Waals surface area contributed by atoms with Gasteiger partial charge in [0, 0.05) is 42.9 Å². The van der Waals surface area contributed by atoms with Gasteiger partial charge in [0.2, 0.25) is 5.91 Å². The molecule has 0 aliphatic carbocycles. The maximum atomic E-state index is 12.3. The van der Waals surface area contributed by atoms with Crippen LogP contribution in [0.4, 0.5) is 14.5 Å². The van der Waals surface area contributed by atoms with Crippen LogP contribution in [0.5, 0.6) is 0 Å². The lowest BCUT2D eigenvalue weighted by Crippen LogP contribution is -2.29. The summed E-state index contributed by atoms with van der Waals surface area (Å²) in [6, 6.07) is 7.76. The van der Waals surface area contributed by atoms with Crippen molar-refractivity contribution in [1.29, 1.82) is 0 Å². The van der Waals surface area contributed by atoms with Gasteiger partial charge in [0.25, 0.3) is 6.43 Å². The van der Waals surface area contributed by atoms with E-state index in [2.05, 4.69) is 15.7 Å². The van der Waals surface area contributed by atoms with E-state index < -0.39 is 13.0 Å². The molecule has 1 unspecified atom stereocenters. The number of carbonyl (C=O) groups excluding carboxylic acids is 1. The van der Waals surface area contributed by atoms with Crippen molar-refractivity contribution in [3.63, 3.8) is 0 Å². The van der Waals surface area contributed by atoms with Crippen molar-refractivity contribution in [2.45, 2.75) is 31.9 Å². The van der Waals surface area contributed by atoms with E-state index in [1.165, 1.54) is 4.68 Å². The molecule has 3 rings (SSSR count). The zero-order chi connectivity index (χ0) is 16.2. The molecule has 1 aliphatic heterocycles. The van der Waals surface area contributed by atoms with E-state index in [1.54, 1.807) is 12.4 Å². The Labute approximate surface area is 132 Å². The van der Waals surface area contributed by atoms with Crippen molar-refractivity contribution < 1.29 is 13.6 Å². The fraction of sp³-hybridized carbons (Fsp3) is 0.375. The van der Waals surface area contributed by atoms with E-state index in [0.717, 1.165) is 16.8 Å². The molecule has 0 fully saturated rings. The minimum absolute atomic E-state index is 0.0141. The molecule has 23 heavy (non-hydrogen) atoms. The van der Waals surface area contributed by atoms with Crippen LogP contribution in [-0.4, -0.2) is 28.7 Å². The van der Waals surface area contributed by atoms with Gasteiger partial charge in [-0.25, -0.2) is 8.78 Å². The van der Waals surface area contributed by atoms with Crippen molar-refractivity contribution in [2.75, 3.05) is 11.9 Å². The highest BCUT2D eigenvalue weighted by Crippen LogP contribution is 2.31. The third kappa shape index (κ3) is 3.92. The first-order valence-electron chi connectivity index (χ1n) is 7.51. The molecular weight excluding hydrogens is 302 g/mol. The molecule has 122 valence electrons. The molecule has 1 aromatic carbocycles. The molecular formula is C16H18F2N4O. The highest BCUT2D eigenvalue weighted by molar-refractivity contribution is 5.94. The fourth-order valence-corrected chi connectivity index (χ4v) is 2.81. The van der Waals surface area contributed by atoms with Gasteiger partial charge in [-0.15, -0.1) is 0 Å². The predicted octanol–water partition coefficient (Wildman–Crippen LogP) is 2.36. The molecule has 0 bridgehead atoms. The van der Waals surface area contributed by atoms with E-state index in [0.29, 0.717) is 19.5 Å². The van der Waals surface area contributed by atoms with Crippen LogP contribution in [0.25, 0.3) is 0 Å². The number of hydrogen-bond acceptors (Lipinski definition) is 3. The van der Waals surface area contributed by atoms with E-state index in [9.17, 15) is 13.6 Å². The van der Waals surface area contributed by atoms with Crippen LogP contribution < -0.4 is 10.6 Å². The van der Waals surface area contributed by atoms with E-state index in [4.69, 9.17) is 0 Å². The number of anilines is 1. The molecule has 2 aromatic rings. The average molecular weight is 320 g/mol. The zero-order valence-corrected chi connectivity index (χ0v) is 12.5. The van der Waals surface area contributed by atoms with Gasteiger partial charge in [-0.1, -0.05) is 18.2 Å². The number of alkyl halides is 2. The van der Waals surface area contributed by atoms with Crippen LogP contribution in [-0.2, 0) is 17.9 Å². The predicted molar refractivity (Wildman–Crippen MR) is 82.4 cm³/mol. The summed E-state index contributed by atoms with van der Waals surface area (Å²) in [6.45, 7) is 0.782. The van der Waals surface area contributed by atoms with Gasteiger partial charge in [0.05, 0.1) is 6.20 Å². The fourth-order valence-electron chi connectivity index (χ4n) is 2.81. The Morgan fingerprint density at radius 1 is 1.39 bits per heavy atom. The highest BCUT2D eigenvalue weighted by Gasteiger charge is 2.24. The summed E-state index contributed by atoms with van der Waals surface area (Å²) in [7, 11) is 0. The minimum Gasteiger partial charge on any atom is -0.326 e. The third-order valence-electron chi connectivity index (χ3n) is 3.84.